The van der Waals surface area contributed by atoms with Gasteiger partial charge in [0, 0.05) is 19.7 Å². The van der Waals surface area contributed by atoms with Crippen LogP contribution >= 0.6 is 12.4 Å². The van der Waals surface area contributed by atoms with Crippen molar-refractivity contribution in [2.24, 2.45) is 0 Å². The SMILES string of the molecule is COC[C@@H]1Cc2ccccc2CN1.Cl. The van der Waals surface area contributed by atoms with Crippen molar-refractivity contribution in [3.05, 3.63) is 35.4 Å². The fourth-order valence-electron chi connectivity index (χ4n) is 1.84. The summed E-state index contributed by atoms with van der Waals surface area (Å²) >= 11 is 0. The molecule has 0 aromatic heterocycles. The molecule has 0 saturated carbocycles. The van der Waals surface area contributed by atoms with Crippen LogP contribution in [0.5, 0.6) is 0 Å². The quantitative estimate of drug-likeness (QED) is 0.809. The van der Waals surface area contributed by atoms with E-state index in [1.54, 1.807) is 7.11 Å². The van der Waals surface area contributed by atoms with Crippen LogP contribution < -0.4 is 5.32 Å². The van der Waals surface area contributed by atoms with Crippen molar-refractivity contribution < 1.29 is 4.74 Å². The lowest BCUT2D eigenvalue weighted by atomic mass is 9.96. The smallest absolute Gasteiger partial charge is 0.0619 e. The summed E-state index contributed by atoms with van der Waals surface area (Å²) < 4.78 is 5.13. The van der Waals surface area contributed by atoms with Crippen molar-refractivity contribution in [3.8, 4) is 0 Å². The van der Waals surface area contributed by atoms with E-state index in [1.165, 1.54) is 11.1 Å². The maximum absolute atomic E-state index is 5.13. The van der Waals surface area contributed by atoms with Crippen LogP contribution in [0.2, 0.25) is 0 Å². The van der Waals surface area contributed by atoms with Crippen LogP contribution in [0.25, 0.3) is 0 Å². The second kappa shape index (κ2) is 5.35. The predicted molar refractivity (Wildman–Crippen MR) is 59.9 cm³/mol. The summed E-state index contributed by atoms with van der Waals surface area (Å²) in [5.41, 5.74) is 2.89. The fraction of sp³-hybridized carbons (Fsp3) is 0.455. The second-order valence-electron chi connectivity index (χ2n) is 3.51. The van der Waals surface area contributed by atoms with Gasteiger partial charge in [-0.3, -0.25) is 0 Å². The van der Waals surface area contributed by atoms with Crippen LogP contribution in [0.1, 0.15) is 11.1 Å². The minimum atomic E-state index is 0. The van der Waals surface area contributed by atoms with Crippen LogP contribution in [-0.4, -0.2) is 19.8 Å². The number of halogens is 1. The number of nitrogens with one attached hydrogen (secondary N) is 1. The largest absolute Gasteiger partial charge is 0.383 e. The average Bonchev–Trinajstić information content (AvgIpc) is 2.18. The van der Waals surface area contributed by atoms with Gasteiger partial charge in [-0.2, -0.15) is 0 Å². The van der Waals surface area contributed by atoms with Gasteiger partial charge in [-0.05, 0) is 17.5 Å². The Labute approximate surface area is 91.1 Å². The summed E-state index contributed by atoms with van der Waals surface area (Å²) in [6.07, 6.45) is 1.09. The Morgan fingerprint density at radius 1 is 1.36 bits per heavy atom. The zero-order valence-corrected chi connectivity index (χ0v) is 9.14. The molecule has 0 bridgehead atoms. The Balaban J connectivity index is 0.000000980. The molecule has 0 aliphatic carbocycles. The molecule has 1 aliphatic heterocycles. The molecule has 1 aromatic carbocycles. The van der Waals surface area contributed by atoms with E-state index < -0.39 is 0 Å². The van der Waals surface area contributed by atoms with Crippen molar-refractivity contribution >= 4 is 12.4 Å². The first-order chi connectivity index (χ1) is 6.40. The summed E-state index contributed by atoms with van der Waals surface area (Å²) in [6.45, 7) is 1.78. The summed E-state index contributed by atoms with van der Waals surface area (Å²) in [6, 6.07) is 9.08. The lowest BCUT2D eigenvalue weighted by molar-refractivity contribution is 0.162. The van der Waals surface area contributed by atoms with E-state index in [0.717, 1.165) is 19.6 Å². The average molecular weight is 214 g/mol. The van der Waals surface area contributed by atoms with Gasteiger partial charge in [0.1, 0.15) is 0 Å². The summed E-state index contributed by atoms with van der Waals surface area (Å²) in [7, 11) is 1.75. The van der Waals surface area contributed by atoms with Crippen molar-refractivity contribution in [3.63, 3.8) is 0 Å². The molecular formula is C11H16ClNO. The number of hydrogen-bond acceptors (Lipinski definition) is 2. The van der Waals surface area contributed by atoms with Crippen molar-refractivity contribution in [2.45, 2.75) is 19.0 Å². The number of methoxy groups -OCH3 is 1. The Hall–Kier alpha value is -0.570. The normalized spacial score (nSPS) is 19.6. The highest BCUT2D eigenvalue weighted by molar-refractivity contribution is 5.85. The van der Waals surface area contributed by atoms with E-state index in [1.807, 2.05) is 0 Å². The number of hydrogen-bond donors (Lipinski definition) is 1. The Morgan fingerprint density at radius 3 is 2.79 bits per heavy atom. The van der Waals surface area contributed by atoms with Crippen molar-refractivity contribution in [2.75, 3.05) is 13.7 Å². The molecule has 1 aromatic rings. The zero-order valence-electron chi connectivity index (χ0n) is 8.32. The molecule has 1 atom stereocenters. The van der Waals surface area contributed by atoms with Crippen molar-refractivity contribution in [1.29, 1.82) is 0 Å². The molecular weight excluding hydrogens is 198 g/mol. The molecule has 0 amide bonds. The molecule has 3 heteroatoms. The van der Waals surface area contributed by atoms with Gasteiger partial charge in [0.2, 0.25) is 0 Å². The van der Waals surface area contributed by atoms with E-state index in [9.17, 15) is 0 Å². The van der Waals surface area contributed by atoms with Crippen LogP contribution in [0.15, 0.2) is 24.3 Å². The Morgan fingerprint density at radius 2 is 2.07 bits per heavy atom. The van der Waals surface area contributed by atoms with E-state index in [0.29, 0.717) is 6.04 Å². The minimum absolute atomic E-state index is 0. The third-order valence-electron chi connectivity index (χ3n) is 2.53. The van der Waals surface area contributed by atoms with E-state index in [-0.39, 0.29) is 12.4 Å². The van der Waals surface area contributed by atoms with E-state index in [4.69, 9.17) is 4.74 Å². The molecule has 1 heterocycles. The molecule has 14 heavy (non-hydrogen) atoms. The number of rotatable bonds is 2. The summed E-state index contributed by atoms with van der Waals surface area (Å²) in [5.74, 6) is 0. The van der Waals surface area contributed by atoms with Gasteiger partial charge >= 0.3 is 0 Å². The number of ether oxygens (including phenoxy) is 1. The highest BCUT2D eigenvalue weighted by atomic mass is 35.5. The maximum Gasteiger partial charge on any atom is 0.0619 e. The molecule has 78 valence electrons. The fourth-order valence-corrected chi connectivity index (χ4v) is 1.84. The van der Waals surface area contributed by atoms with Crippen LogP contribution in [0.3, 0.4) is 0 Å². The van der Waals surface area contributed by atoms with Gasteiger partial charge in [0.15, 0.2) is 0 Å². The Kier molecular flexibility index (Phi) is 4.39. The van der Waals surface area contributed by atoms with E-state index in [2.05, 4.69) is 29.6 Å². The Bertz CT molecular complexity index is 290. The van der Waals surface area contributed by atoms with Gasteiger partial charge in [-0.25, -0.2) is 0 Å². The monoisotopic (exact) mass is 213 g/mol. The highest BCUT2D eigenvalue weighted by Crippen LogP contribution is 2.15. The molecule has 2 nitrogen and oxygen atoms in total. The molecule has 1 N–H and O–H groups in total. The number of fused-ring (bicyclic) bond motifs is 1. The predicted octanol–water partition coefficient (Wildman–Crippen LogP) is 1.77. The molecule has 1 aliphatic rings. The zero-order chi connectivity index (χ0) is 9.10. The first-order valence-electron chi connectivity index (χ1n) is 4.69. The maximum atomic E-state index is 5.13. The molecule has 0 unspecified atom stereocenters. The standard InChI is InChI=1S/C11H15NO.ClH/c1-13-8-11-6-9-4-2-3-5-10(9)7-12-11;/h2-5,11-12H,6-8H2,1H3;1H/t11-;/m0./s1. The van der Waals surface area contributed by atoms with Gasteiger partial charge in [0.05, 0.1) is 6.61 Å². The minimum Gasteiger partial charge on any atom is -0.383 e. The molecule has 0 fully saturated rings. The number of benzene rings is 1. The first kappa shape index (κ1) is 11.5. The third kappa shape index (κ3) is 2.47. The topological polar surface area (TPSA) is 21.3 Å². The van der Waals surface area contributed by atoms with Gasteiger partial charge in [-0.1, -0.05) is 24.3 Å². The molecule has 0 saturated heterocycles. The molecule has 0 radical (unpaired) electrons. The lowest BCUT2D eigenvalue weighted by Gasteiger charge is -2.25. The van der Waals surface area contributed by atoms with Gasteiger partial charge < -0.3 is 10.1 Å². The van der Waals surface area contributed by atoms with Crippen LogP contribution in [0.4, 0.5) is 0 Å². The summed E-state index contributed by atoms with van der Waals surface area (Å²) in [5, 5.41) is 3.45. The highest BCUT2D eigenvalue weighted by Gasteiger charge is 2.16. The summed E-state index contributed by atoms with van der Waals surface area (Å²) in [4.78, 5) is 0. The van der Waals surface area contributed by atoms with Gasteiger partial charge in [0.25, 0.3) is 0 Å². The van der Waals surface area contributed by atoms with Gasteiger partial charge in [-0.15, -0.1) is 12.4 Å². The first-order valence-corrected chi connectivity index (χ1v) is 4.69. The third-order valence-corrected chi connectivity index (χ3v) is 2.53. The van der Waals surface area contributed by atoms with Crippen LogP contribution in [-0.2, 0) is 17.7 Å². The molecule has 0 spiro atoms. The van der Waals surface area contributed by atoms with Crippen LogP contribution in [0, 0.1) is 0 Å². The van der Waals surface area contributed by atoms with Crippen molar-refractivity contribution in [1.82, 2.24) is 5.32 Å². The second-order valence-corrected chi connectivity index (χ2v) is 3.51. The lowest BCUT2D eigenvalue weighted by Crippen LogP contribution is -2.38. The molecule has 2 rings (SSSR count). The van der Waals surface area contributed by atoms with E-state index >= 15 is 0 Å².